The number of aromatic hydroxyl groups is 1. The van der Waals surface area contributed by atoms with Crippen LogP contribution in [0.3, 0.4) is 0 Å². The average molecular weight is 215 g/mol. The lowest BCUT2D eigenvalue weighted by Gasteiger charge is -2.05. The number of benzene rings is 1. The highest BCUT2D eigenvalue weighted by Crippen LogP contribution is 2.22. The van der Waals surface area contributed by atoms with Gasteiger partial charge in [0.05, 0.1) is 18.0 Å². The highest BCUT2D eigenvalue weighted by Gasteiger charge is 2.03. The van der Waals surface area contributed by atoms with E-state index in [2.05, 4.69) is 4.98 Å². The molecule has 0 atom stereocenters. The molecule has 2 aromatic rings. The number of aromatic nitrogens is 1. The Balaban J connectivity index is 2.46. The SMILES string of the molecule is Cc1nc(-c2cccc(CO)c2)ccc1O. The van der Waals surface area contributed by atoms with Crippen molar-refractivity contribution in [3.63, 3.8) is 0 Å². The van der Waals surface area contributed by atoms with Crippen LogP contribution < -0.4 is 0 Å². The Bertz CT molecular complexity index is 509. The van der Waals surface area contributed by atoms with E-state index in [0.717, 1.165) is 16.8 Å². The fourth-order valence-electron chi connectivity index (χ4n) is 1.54. The van der Waals surface area contributed by atoms with Crippen molar-refractivity contribution >= 4 is 0 Å². The van der Waals surface area contributed by atoms with Crippen LogP contribution in [0.1, 0.15) is 11.3 Å². The molecule has 3 nitrogen and oxygen atoms in total. The number of aliphatic hydroxyl groups excluding tert-OH is 1. The molecule has 1 aromatic heterocycles. The molecule has 2 N–H and O–H groups in total. The molecule has 0 radical (unpaired) electrons. The molecule has 0 saturated heterocycles. The van der Waals surface area contributed by atoms with Gasteiger partial charge in [-0.25, -0.2) is 4.98 Å². The van der Waals surface area contributed by atoms with E-state index >= 15 is 0 Å². The third kappa shape index (κ3) is 2.04. The first-order valence-electron chi connectivity index (χ1n) is 5.07. The first-order chi connectivity index (χ1) is 7.70. The second-order valence-corrected chi connectivity index (χ2v) is 3.66. The van der Waals surface area contributed by atoms with Crippen molar-refractivity contribution in [3.8, 4) is 17.0 Å². The fraction of sp³-hybridized carbons (Fsp3) is 0.154. The van der Waals surface area contributed by atoms with Crippen molar-refractivity contribution in [1.29, 1.82) is 0 Å². The number of rotatable bonds is 2. The Labute approximate surface area is 94.0 Å². The van der Waals surface area contributed by atoms with Crippen LogP contribution in [0.15, 0.2) is 36.4 Å². The predicted molar refractivity (Wildman–Crippen MR) is 62.0 cm³/mol. The third-order valence-electron chi connectivity index (χ3n) is 2.46. The summed E-state index contributed by atoms with van der Waals surface area (Å²) in [6.45, 7) is 1.78. The smallest absolute Gasteiger partial charge is 0.136 e. The molecule has 0 aliphatic heterocycles. The van der Waals surface area contributed by atoms with Gasteiger partial charge in [0.1, 0.15) is 5.75 Å². The number of pyridine rings is 1. The Hall–Kier alpha value is -1.87. The van der Waals surface area contributed by atoms with Gasteiger partial charge in [-0.05, 0) is 30.7 Å². The normalized spacial score (nSPS) is 10.4. The minimum absolute atomic E-state index is 0.0188. The van der Waals surface area contributed by atoms with Crippen LogP contribution in [0.25, 0.3) is 11.3 Å². The number of aliphatic hydroxyl groups is 1. The summed E-state index contributed by atoms with van der Waals surface area (Å²) >= 11 is 0. The largest absolute Gasteiger partial charge is 0.506 e. The molecule has 1 heterocycles. The summed E-state index contributed by atoms with van der Waals surface area (Å²) in [6.07, 6.45) is 0. The predicted octanol–water partition coefficient (Wildman–Crippen LogP) is 2.25. The van der Waals surface area contributed by atoms with Crippen LogP contribution in [0.5, 0.6) is 5.75 Å². The Morgan fingerprint density at radius 1 is 1.19 bits per heavy atom. The lowest BCUT2D eigenvalue weighted by atomic mass is 10.1. The summed E-state index contributed by atoms with van der Waals surface area (Å²) in [5.74, 6) is 0.196. The van der Waals surface area contributed by atoms with E-state index < -0.39 is 0 Å². The molecule has 0 saturated carbocycles. The summed E-state index contributed by atoms with van der Waals surface area (Å²) < 4.78 is 0. The number of nitrogens with zero attached hydrogens (tertiary/aromatic N) is 1. The summed E-state index contributed by atoms with van der Waals surface area (Å²) in [7, 11) is 0. The van der Waals surface area contributed by atoms with Gasteiger partial charge < -0.3 is 10.2 Å². The van der Waals surface area contributed by atoms with Crippen LogP contribution in [-0.4, -0.2) is 15.2 Å². The van der Waals surface area contributed by atoms with Crippen LogP contribution >= 0.6 is 0 Å². The number of aryl methyl sites for hydroxylation is 1. The molecule has 82 valence electrons. The van der Waals surface area contributed by atoms with Crippen molar-refractivity contribution in [2.24, 2.45) is 0 Å². The second-order valence-electron chi connectivity index (χ2n) is 3.66. The van der Waals surface area contributed by atoms with Crippen LogP contribution in [0.4, 0.5) is 0 Å². The lowest BCUT2D eigenvalue weighted by molar-refractivity contribution is 0.282. The highest BCUT2D eigenvalue weighted by atomic mass is 16.3. The van der Waals surface area contributed by atoms with Crippen molar-refractivity contribution in [1.82, 2.24) is 4.98 Å². The van der Waals surface area contributed by atoms with E-state index in [1.54, 1.807) is 19.1 Å². The van der Waals surface area contributed by atoms with Crippen LogP contribution in [0.2, 0.25) is 0 Å². The van der Waals surface area contributed by atoms with Gasteiger partial charge in [-0.3, -0.25) is 0 Å². The van der Waals surface area contributed by atoms with Gasteiger partial charge >= 0.3 is 0 Å². The number of hydrogen-bond donors (Lipinski definition) is 2. The standard InChI is InChI=1S/C13H13NO2/c1-9-13(16)6-5-12(14-9)11-4-2-3-10(7-11)8-15/h2-7,15-16H,8H2,1H3. The molecule has 1 aromatic carbocycles. The number of hydrogen-bond acceptors (Lipinski definition) is 3. The maximum Gasteiger partial charge on any atom is 0.136 e. The second kappa shape index (κ2) is 4.33. The van der Waals surface area contributed by atoms with Gasteiger partial charge in [-0.2, -0.15) is 0 Å². The average Bonchev–Trinajstić information content (AvgIpc) is 2.33. The summed E-state index contributed by atoms with van der Waals surface area (Å²) in [4.78, 5) is 4.29. The monoisotopic (exact) mass is 215 g/mol. The van der Waals surface area contributed by atoms with E-state index in [0.29, 0.717) is 5.69 Å². The quantitative estimate of drug-likeness (QED) is 0.807. The molecule has 0 aliphatic rings. The van der Waals surface area contributed by atoms with Gasteiger partial charge in [0.2, 0.25) is 0 Å². The summed E-state index contributed by atoms with van der Waals surface area (Å²) in [5, 5.41) is 18.4. The van der Waals surface area contributed by atoms with E-state index in [-0.39, 0.29) is 12.4 Å². The molecule has 2 rings (SSSR count). The molecular formula is C13H13NO2. The molecule has 0 amide bonds. The van der Waals surface area contributed by atoms with Gasteiger partial charge in [-0.1, -0.05) is 18.2 Å². The molecule has 16 heavy (non-hydrogen) atoms. The van der Waals surface area contributed by atoms with Crippen molar-refractivity contribution in [2.75, 3.05) is 0 Å². The van der Waals surface area contributed by atoms with E-state index in [1.165, 1.54) is 0 Å². The summed E-state index contributed by atoms with van der Waals surface area (Å²) in [5.41, 5.74) is 3.19. The molecule has 0 aliphatic carbocycles. The lowest BCUT2D eigenvalue weighted by Crippen LogP contribution is -1.89. The molecule has 0 spiro atoms. The fourth-order valence-corrected chi connectivity index (χ4v) is 1.54. The van der Waals surface area contributed by atoms with E-state index in [1.807, 2.05) is 24.3 Å². The van der Waals surface area contributed by atoms with Crippen molar-refractivity contribution < 1.29 is 10.2 Å². The van der Waals surface area contributed by atoms with Gasteiger partial charge in [0.15, 0.2) is 0 Å². The maximum absolute atomic E-state index is 9.39. The zero-order valence-corrected chi connectivity index (χ0v) is 9.01. The van der Waals surface area contributed by atoms with Crippen LogP contribution in [0, 0.1) is 6.92 Å². The van der Waals surface area contributed by atoms with Gasteiger partial charge in [0, 0.05) is 5.56 Å². The molecule has 0 bridgehead atoms. The highest BCUT2D eigenvalue weighted by molar-refractivity contribution is 5.61. The zero-order chi connectivity index (χ0) is 11.5. The van der Waals surface area contributed by atoms with Gasteiger partial charge in [0.25, 0.3) is 0 Å². The molecule has 3 heteroatoms. The Kier molecular flexibility index (Phi) is 2.88. The van der Waals surface area contributed by atoms with Crippen molar-refractivity contribution in [2.45, 2.75) is 13.5 Å². The first kappa shape index (κ1) is 10.6. The van der Waals surface area contributed by atoms with E-state index in [4.69, 9.17) is 5.11 Å². The third-order valence-corrected chi connectivity index (χ3v) is 2.46. The molecule has 0 fully saturated rings. The Morgan fingerprint density at radius 2 is 2.00 bits per heavy atom. The minimum Gasteiger partial charge on any atom is -0.506 e. The summed E-state index contributed by atoms with van der Waals surface area (Å²) in [6, 6.07) is 10.9. The minimum atomic E-state index is 0.0188. The van der Waals surface area contributed by atoms with Crippen LogP contribution in [-0.2, 0) is 6.61 Å². The molecule has 0 unspecified atom stereocenters. The topological polar surface area (TPSA) is 53.4 Å². The molecular weight excluding hydrogens is 202 g/mol. The van der Waals surface area contributed by atoms with Crippen molar-refractivity contribution in [3.05, 3.63) is 47.7 Å². The maximum atomic E-state index is 9.39. The first-order valence-corrected chi connectivity index (χ1v) is 5.07. The van der Waals surface area contributed by atoms with Gasteiger partial charge in [-0.15, -0.1) is 0 Å². The van der Waals surface area contributed by atoms with E-state index in [9.17, 15) is 5.11 Å². The Morgan fingerprint density at radius 3 is 2.69 bits per heavy atom. The zero-order valence-electron chi connectivity index (χ0n) is 9.01.